The fourth-order valence-corrected chi connectivity index (χ4v) is 5.63. The van der Waals surface area contributed by atoms with Crippen LogP contribution in [0.3, 0.4) is 0 Å². The van der Waals surface area contributed by atoms with Crippen LogP contribution in [0.25, 0.3) is 10.9 Å². The molecule has 154 valence electrons. The summed E-state index contributed by atoms with van der Waals surface area (Å²) in [6.07, 6.45) is 2.91. The first-order valence-corrected chi connectivity index (χ1v) is 11.6. The second-order valence-corrected chi connectivity index (χ2v) is 10.2. The molecular weight excluding hydrogens is 408 g/mol. The number of aromatic nitrogens is 1. The molecule has 0 saturated carbocycles. The summed E-state index contributed by atoms with van der Waals surface area (Å²) in [5.41, 5.74) is 2.22. The molecule has 0 aliphatic carbocycles. The van der Waals surface area contributed by atoms with Crippen LogP contribution < -0.4 is 4.74 Å². The Bertz CT molecular complexity index is 1140. The SMILES string of the molecule is Cc1cn(C2CCN(S(=O)(=O)c3ccc(OC(C)C)cc3)C2)c2cc(Cl)ccc12. The highest BCUT2D eigenvalue weighted by Gasteiger charge is 2.34. The zero-order chi connectivity index (χ0) is 20.8. The summed E-state index contributed by atoms with van der Waals surface area (Å²) in [5, 5.41) is 1.83. The van der Waals surface area contributed by atoms with Gasteiger partial charge in [0.25, 0.3) is 0 Å². The number of fused-ring (bicyclic) bond motifs is 1. The second-order valence-electron chi connectivity index (χ2n) is 7.82. The summed E-state index contributed by atoms with van der Waals surface area (Å²) >= 11 is 6.20. The maximum atomic E-state index is 13.1. The number of hydrogen-bond donors (Lipinski definition) is 0. The lowest BCUT2D eigenvalue weighted by molar-refractivity contribution is 0.242. The molecule has 0 amide bonds. The van der Waals surface area contributed by atoms with Crippen LogP contribution in [0.1, 0.15) is 31.9 Å². The van der Waals surface area contributed by atoms with Gasteiger partial charge in [-0.2, -0.15) is 4.31 Å². The highest BCUT2D eigenvalue weighted by atomic mass is 35.5. The molecule has 3 aromatic rings. The Morgan fingerprint density at radius 1 is 1.14 bits per heavy atom. The fraction of sp³-hybridized carbons (Fsp3) is 0.364. The Morgan fingerprint density at radius 3 is 2.55 bits per heavy atom. The van der Waals surface area contributed by atoms with Gasteiger partial charge in [-0.3, -0.25) is 0 Å². The van der Waals surface area contributed by atoms with Crippen LogP contribution in [0.15, 0.2) is 53.6 Å². The summed E-state index contributed by atoms with van der Waals surface area (Å²) in [7, 11) is -3.54. The van der Waals surface area contributed by atoms with Crippen molar-refractivity contribution in [2.45, 2.75) is 44.2 Å². The molecule has 1 atom stereocenters. The number of nitrogens with zero attached hydrogens (tertiary/aromatic N) is 2. The predicted molar refractivity (Wildman–Crippen MR) is 116 cm³/mol. The number of benzene rings is 2. The van der Waals surface area contributed by atoms with E-state index in [0.29, 0.717) is 28.8 Å². The molecule has 1 aliphatic rings. The van der Waals surface area contributed by atoms with E-state index in [1.54, 1.807) is 28.6 Å². The highest BCUT2D eigenvalue weighted by Crippen LogP contribution is 2.33. The molecule has 5 nitrogen and oxygen atoms in total. The van der Waals surface area contributed by atoms with Gasteiger partial charge in [-0.15, -0.1) is 0 Å². The van der Waals surface area contributed by atoms with Crippen molar-refractivity contribution in [3.8, 4) is 5.75 Å². The Morgan fingerprint density at radius 2 is 1.86 bits per heavy atom. The molecule has 1 unspecified atom stereocenters. The summed E-state index contributed by atoms with van der Waals surface area (Å²) in [6, 6.07) is 12.6. The zero-order valence-electron chi connectivity index (χ0n) is 16.8. The van der Waals surface area contributed by atoms with Crippen LogP contribution >= 0.6 is 11.6 Å². The number of hydrogen-bond acceptors (Lipinski definition) is 3. The van der Waals surface area contributed by atoms with Crippen LogP contribution in [0.2, 0.25) is 5.02 Å². The van der Waals surface area contributed by atoms with Gasteiger partial charge in [-0.05, 0) is 69.2 Å². The smallest absolute Gasteiger partial charge is 0.243 e. The maximum absolute atomic E-state index is 13.1. The first-order chi connectivity index (χ1) is 13.8. The van der Waals surface area contributed by atoms with Gasteiger partial charge < -0.3 is 9.30 Å². The van der Waals surface area contributed by atoms with E-state index in [2.05, 4.69) is 17.7 Å². The molecule has 0 radical (unpaired) electrons. The normalized spacial score (nSPS) is 18.0. The first kappa shape index (κ1) is 20.3. The minimum absolute atomic E-state index is 0.0464. The Kier molecular flexibility index (Phi) is 5.36. The third kappa shape index (κ3) is 3.89. The van der Waals surface area contributed by atoms with Crippen molar-refractivity contribution in [2.24, 2.45) is 0 Å². The van der Waals surface area contributed by atoms with Gasteiger partial charge in [0.2, 0.25) is 10.0 Å². The van der Waals surface area contributed by atoms with Crippen molar-refractivity contribution < 1.29 is 13.2 Å². The van der Waals surface area contributed by atoms with Gasteiger partial charge in [0.05, 0.1) is 16.5 Å². The van der Waals surface area contributed by atoms with Crippen LogP contribution in [-0.2, 0) is 10.0 Å². The van der Waals surface area contributed by atoms with E-state index in [4.69, 9.17) is 16.3 Å². The average molecular weight is 433 g/mol. The Hall–Kier alpha value is -2.02. The minimum atomic E-state index is -3.54. The van der Waals surface area contributed by atoms with Crippen LogP contribution in [0.4, 0.5) is 0 Å². The number of ether oxygens (including phenoxy) is 1. The molecule has 29 heavy (non-hydrogen) atoms. The summed E-state index contributed by atoms with van der Waals surface area (Å²) in [6.45, 7) is 6.89. The van der Waals surface area contributed by atoms with E-state index in [0.717, 1.165) is 17.3 Å². The topological polar surface area (TPSA) is 51.5 Å². The van der Waals surface area contributed by atoms with Crippen molar-refractivity contribution >= 4 is 32.5 Å². The van der Waals surface area contributed by atoms with Crippen molar-refractivity contribution in [1.82, 2.24) is 8.87 Å². The predicted octanol–water partition coefficient (Wildman–Crippen LogP) is 5.03. The van der Waals surface area contributed by atoms with Crippen molar-refractivity contribution in [1.29, 1.82) is 0 Å². The molecule has 1 aliphatic heterocycles. The third-order valence-electron chi connectivity index (χ3n) is 5.35. The Balaban J connectivity index is 1.57. The van der Waals surface area contributed by atoms with E-state index >= 15 is 0 Å². The quantitative estimate of drug-likeness (QED) is 0.568. The van der Waals surface area contributed by atoms with Gasteiger partial charge in [0.1, 0.15) is 5.75 Å². The third-order valence-corrected chi connectivity index (χ3v) is 7.46. The highest BCUT2D eigenvalue weighted by molar-refractivity contribution is 7.89. The maximum Gasteiger partial charge on any atom is 0.243 e. The molecule has 1 saturated heterocycles. The molecule has 7 heteroatoms. The standard InChI is InChI=1S/C22H25ClN2O3S/c1-15(2)28-19-5-7-20(8-6-19)29(26,27)24-11-10-18(14-24)25-13-16(3)21-9-4-17(23)12-22(21)25/h4-9,12-13,15,18H,10-11,14H2,1-3H3. The van der Waals surface area contributed by atoms with Crippen LogP contribution in [-0.4, -0.2) is 36.5 Å². The number of aryl methyl sites for hydroxylation is 1. The van der Waals surface area contributed by atoms with Gasteiger partial charge >= 0.3 is 0 Å². The second kappa shape index (κ2) is 7.67. The van der Waals surface area contributed by atoms with E-state index in [-0.39, 0.29) is 12.1 Å². The van der Waals surface area contributed by atoms with E-state index in [9.17, 15) is 8.42 Å². The average Bonchev–Trinajstić information content (AvgIpc) is 3.27. The molecule has 2 heterocycles. The van der Waals surface area contributed by atoms with Crippen LogP contribution in [0, 0.1) is 6.92 Å². The molecule has 0 spiro atoms. The van der Waals surface area contributed by atoms with Crippen LogP contribution in [0.5, 0.6) is 5.75 Å². The first-order valence-electron chi connectivity index (χ1n) is 9.79. The van der Waals surface area contributed by atoms with Crippen molar-refractivity contribution in [3.63, 3.8) is 0 Å². The zero-order valence-corrected chi connectivity index (χ0v) is 18.4. The molecule has 1 aromatic heterocycles. The molecule has 2 aromatic carbocycles. The molecule has 0 N–H and O–H groups in total. The lowest BCUT2D eigenvalue weighted by Gasteiger charge is -2.18. The minimum Gasteiger partial charge on any atom is -0.491 e. The summed E-state index contributed by atoms with van der Waals surface area (Å²) < 4.78 is 35.6. The van der Waals surface area contributed by atoms with Gasteiger partial charge in [0, 0.05) is 35.7 Å². The summed E-state index contributed by atoms with van der Waals surface area (Å²) in [4.78, 5) is 0.297. The van der Waals surface area contributed by atoms with Crippen molar-refractivity contribution in [3.05, 3.63) is 59.2 Å². The summed E-state index contributed by atoms with van der Waals surface area (Å²) in [5.74, 6) is 0.671. The molecular formula is C22H25ClN2O3S. The van der Waals surface area contributed by atoms with Gasteiger partial charge in [0.15, 0.2) is 0 Å². The number of rotatable bonds is 5. The lowest BCUT2D eigenvalue weighted by Crippen LogP contribution is -2.29. The largest absolute Gasteiger partial charge is 0.491 e. The number of sulfonamides is 1. The Labute approximate surface area is 176 Å². The van der Waals surface area contributed by atoms with Gasteiger partial charge in [-0.25, -0.2) is 8.42 Å². The fourth-order valence-electron chi connectivity index (χ4n) is 3.97. The molecule has 1 fully saturated rings. The number of halogens is 1. The molecule has 4 rings (SSSR count). The van der Waals surface area contributed by atoms with E-state index in [1.165, 1.54) is 5.56 Å². The van der Waals surface area contributed by atoms with Crippen molar-refractivity contribution in [2.75, 3.05) is 13.1 Å². The lowest BCUT2D eigenvalue weighted by atomic mass is 10.2. The monoisotopic (exact) mass is 432 g/mol. The van der Waals surface area contributed by atoms with E-state index in [1.807, 2.05) is 32.0 Å². The van der Waals surface area contributed by atoms with Gasteiger partial charge in [-0.1, -0.05) is 17.7 Å². The molecule has 0 bridgehead atoms. The van der Waals surface area contributed by atoms with E-state index < -0.39 is 10.0 Å².